The van der Waals surface area contributed by atoms with Gasteiger partial charge in [0.2, 0.25) is 5.91 Å². The Kier molecular flexibility index (Phi) is 5.05. The van der Waals surface area contributed by atoms with Gasteiger partial charge in [-0.2, -0.15) is 5.10 Å². The number of aromatic nitrogens is 2. The van der Waals surface area contributed by atoms with Gasteiger partial charge >= 0.3 is 0 Å². The molecule has 3 rings (SSSR count). The molecular formula is C18H15BrFN3O. The van der Waals surface area contributed by atoms with Crippen molar-refractivity contribution in [1.82, 2.24) is 9.78 Å². The monoisotopic (exact) mass is 387 g/mol. The van der Waals surface area contributed by atoms with Crippen LogP contribution in [0, 0.1) is 5.82 Å². The molecule has 0 bridgehead atoms. The molecule has 0 fully saturated rings. The number of nitrogens with one attached hydrogen (secondary N) is 1. The zero-order valence-electron chi connectivity index (χ0n) is 12.7. The maximum Gasteiger partial charge on any atom is 0.229 e. The maximum absolute atomic E-state index is 13.6. The number of amides is 1. The first-order valence-corrected chi connectivity index (χ1v) is 8.20. The van der Waals surface area contributed by atoms with Crippen molar-refractivity contribution < 1.29 is 9.18 Å². The molecule has 0 saturated heterocycles. The van der Waals surface area contributed by atoms with E-state index < -0.39 is 0 Å². The smallest absolute Gasteiger partial charge is 0.229 e. The van der Waals surface area contributed by atoms with Crippen LogP contribution in [-0.2, 0) is 17.8 Å². The number of carbonyl (C=O) groups is 1. The molecule has 1 amide bonds. The van der Waals surface area contributed by atoms with Crippen molar-refractivity contribution in [2.24, 2.45) is 0 Å². The van der Waals surface area contributed by atoms with E-state index >= 15 is 0 Å². The van der Waals surface area contributed by atoms with Crippen LogP contribution in [0.15, 0.2) is 65.3 Å². The molecule has 0 atom stereocenters. The Hall–Kier alpha value is -2.47. The van der Waals surface area contributed by atoms with Crippen molar-refractivity contribution in [1.29, 1.82) is 0 Å². The Morgan fingerprint density at radius 3 is 2.62 bits per heavy atom. The second kappa shape index (κ2) is 7.40. The van der Waals surface area contributed by atoms with Gasteiger partial charge in [0, 0.05) is 22.3 Å². The number of hydrogen-bond donors (Lipinski definition) is 1. The Bertz CT molecular complexity index is 845. The van der Waals surface area contributed by atoms with Crippen LogP contribution in [0.3, 0.4) is 0 Å². The minimum Gasteiger partial charge on any atom is -0.309 e. The fourth-order valence-electron chi connectivity index (χ4n) is 2.29. The lowest BCUT2D eigenvalue weighted by Crippen LogP contribution is -2.15. The van der Waals surface area contributed by atoms with Gasteiger partial charge in [0.1, 0.15) is 5.82 Å². The van der Waals surface area contributed by atoms with Crippen LogP contribution in [0.1, 0.15) is 11.1 Å². The Labute approximate surface area is 147 Å². The molecule has 122 valence electrons. The molecule has 4 nitrogen and oxygen atoms in total. The fourth-order valence-corrected chi connectivity index (χ4v) is 2.56. The number of anilines is 1. The first-order chi connectivity index (χ1) is 11.6. The highest BCUT2D eigenvalue weighted by Gasteiger charge is 2.08. The lowest BCUT2D eigenvalue weighted by atomic mass is 10.1. The number of rotatable bonds is 5. The third-order valence-electron chi connectivity index (χ3n) is 3.48. The quantitative estimate of drug-likeness (QED) is 0.718. The van der Waals surface area contributed by atoms with Crippen molar-refractivity contribution in [3.05, 3.63) is 82.2 Å². The summed E-state index contributed by atoms with van der Waals surface area (Å²) in [5.74, 6) is 0.0377. The summed E-state index contributed by atoms with van der Waals surface area (Å²) in [5.41, 5.74) is 1.47. The van der Waals surface area contributed by atoms with Gasteiger partial charge < -0.3 is 5.32 Å². The first-order valence-electron chi connectivity index (χ1n) is 7.41. The minimum absolute atomic E-state index is 0.145. The highest BCUT2D eigenvalue weighted by molar-refractivity contribution is 9.10. The molecule has 1 heterocycles. The lowest BCUT2D eigenvalue weighted by Gasteiger charge is -2.04. The first kappa shape index (κ1) is 16.4. The topological polar surface area (TPSA) is 46.9 Å². The standard InChI is InChI=1S/C18H15BrFN3O/c19-15-7-5-13(6-8-15)11-18(24)21-17-9-10-23(22-17)12-14-3-1-2-4-16(14)20/h1-10H,11-12H2,(H,21,22,24). The van der Waals surface area contributed by atoms with Crippen LogP contribution >= 0.6 is 15.9 Å². The van der Waals surface area contributed by atoms with Gasteiger partial charge in [-0.15, -0.1) is 0 Å². The van der Waals surface area contributed by atoms with E-state index in [0.717, 1.165) is 10.0 Å². The molecular weight excluding hydrogens is 373 g/mol. The Morgan fingerprint density at radius 1 is 1.12 bits per heavy atom. The van der Waals surface area contributed by atoms with E-state index in [1.54, 1.807) is 35.1 Å². The second-order valence-corrected chi connectivity index (χ2v) is 6.26. The van der Waals surface area contributed by atoms with Crippen LogP contribution in [-0.4, -0.2) is 15.7 Å². The van der Waals surface area contributed by atoms with E-state index in [-0.39, 0.29) is 18.1 Å². The summed E-state index contributed by atoms with van der Waals surface area (Å²) in [6, 6.07) is 15.8. The third-order valence-corrected chi connectivity index (χ3v) is 4.00. The summed E-state index contributed by atoms with van der Waals surface area (Å²) < 4.78 is 16.2. The zero-order chi connectivity index (χ0) is 16.9. The van der Waals surface area contributed by atoms with E-state index in [1.165, 1.54) is 6.07 Å². The van der Waals surface area contributed by atoms with E-state index in [1.807, 2.05) is 24.3 Å². The molecule has 1 N–H and O–H groups in total. The number of carbonyl (C=O) groups excluding carboxylic acids is 1. The number of halogens is 2. The molecule has 0 saturated carbocycles. The SMILES string of the molecule is O=C(Cc1ccc(Br)cc1)Nc1ccn(Cc2ccccc2F)n1. The lowest BCUT2D eigenvalue weighted by molar-refractivity contribution is -0.115. The largest absolute Gasteiger partial charge is 0.309 e. The van der Waals surface area contributed by atoms with Gasteiger partial charge in [0.25, 0.3) is 0 Å². The fraction of sp³-hybridized carbons (Fsp3) is 0.111. The molecule has 0 aliphatic carbocycles. The maximum atomic E-state index is 13.6. The van der Waals surface area contributed by atoms with Crippen LogP contribution < -0.4 is 5.32 Å². The summed E-state index contributed by atoms with van der Waals surface area (Å²) in [5, 5.41) is 7.00. The van der Waals surface area contributed by atoms with Gasteiger partial charge in [-0.25, -0.2) is 4.39 Å². The molecule has 1 aromatic heterocycles. The molecule has 6 heteroatoms. The molecule has 0 unspecified atom stereocenters. The minimum atomic E-state index is -0.270. The van der Waals surface area contributed by atoms with Gasteiger partial charge in [-0.05, 0) is 23.8 Å². The Balaban J connectivity index is 1.60. The van der Waals surface area contributed by atoms with Crippen molar-refractivity contribution in [3.8, 4) is 0 Å². The van der Waals surface area contributed by atoms with Crippen LogP contribution in [0.5, 0.6) is 0 Å². The van der Waals surface area contributed by atoms with Crippen LogP contribution in [0.25, 0.3) is 0 Å². The van der Waals surface area contributed by atoms with Crippen LogP contribution in [0.4, 0.5) is 10.2 Å². The third kappa shape index (κ3) is 4.29. The van der Waals surface area contributed by atoms with E-state index in [9.17, 15) is 9.18 Å². The van der Waals surface area contributed by atoms with Crippen LogP contribution in [0.2, 0.25) is 0 Å². The predicted molar refractivity (Wildman–Crippen MR) is 94.2 cm³/mol. The van der Waals surface area contributed by atoms with Gasteiger partial charge in [0.05, 0.1) is 13.0 Å². The van der Waals surface area contributed by atoms with Gasteiger partial charge in [-0.3, -0.25) is 9.48 Å². The molecule has 0 aliphatic heterocycles. The van der Waals surface area contributed by atoms with E-state index in [0.29, 0.717) is 17.9 Å². The average Bonchev–Trinajstić information content (AvgIpc) is 2.99. The van der Waals surface area contributed by atoms with Gasteiger partial charge in [-0.1, -0.05) is 46.3 Å². The zero-order valence-corrected chi connectivity index (χ0v) is 14.3. The molecule has 0 spiro atoms. The average molecular weight is 388 g/mol. The van der Waals surface area contributed by atoms with Crippen molar-refractivity contribution >= 4 is 27.7 Å². The number of nitrogens with zero attached hydrogens (tertiary/aromatic N) is 2. The highest BCUT2D eigenvalue weighted by atomic mass is 79.9. The number of benzene rings is 2. The van der Waals surface area contributed by atoms with E-state index in [4.69, 9.17) is 0 Å². The Morgan fingerprint density at radius 2 is 1.88 bits per heavy atom. The molecule has 24 heavy (non-hydrogen) atoms. The second-order valence-electron chi connectivity index (χ2n) is 5.34. The molecule has 2 aromatic carbocycles. The van der Waals surface area contributed by atoms with Gasteiger partial charge in [0.15, 0.2) is 5.82 Å². The van der Waals surface area contributed by atoms with Crippen molar-refractivity contribution in [3.63, 3.8) is 0 Å². The molecule has 0 radical (unpaired) electrons. The van der Waals surface area contributed by atoms with Crippen molar-refractivity contribution in [2.75, 3.05) is 5.32 Å². The molecule has 0 aliphatic rings. The summed E-state index contributed by atoms with van der Waals surface area (Å²) in [6.45, 7) is 0.315. The summed E-state index contributed by atoms with van der Waals surface area (Å²) in [4.78, 5) is 12.1. The predicted octanol–water partition coefficient (Wildman–Crippen LogP) is 4.01. The summed E-state index contributed by atoms with van der Waals surface area (Å²) >= 11 is 3.36. The van der Waals surface area contributed by atoms with Crippen molar-refractivity contribution in [2.45, 2.75) is 13.0 Å². The number of hydrogen-bond acceptors (Lipinski definition) is 2. The highest BCUT2D eigenvalue weighted by Crippen LogP contribution is 2.13. The molecule has 3 aromatic rings. The normalized spacial score (nSPS) is 10.6. The summed E-state index contributed by atoms with van der Waals surface area (Å²) in [7, 11) is 0. The van der Waals surface area contributed by atoms with E-state index in [2.05, 4.69) is 26.3 Å². The summed E-state index contributed by atoms with van der Waals surface area (Å²) in [6.07, 6.45) is 1.98.